The minimum Gasteiger partial charge on any atom is -0.465 e. The number of amides is 1. The Morgan fingerprint density at radius 1 is 1.04 bits per heavy atom. The van der Waals surface area contributed by atoms with Gasteiger partial charge in [-0.1, -0.05) is 18.2 Å². The standard InChI is InChI=1S/C18H16N2O3/c1-11-16(14-5-3-4-6-15(14)19-11)17(21)20-13-9-7-12(8-10-13)18(22)23-2/h3-10,19H,1-2H3,(H,20,21). The number of hydrogen-bond donors (Lipinski definition) is 2. The Balaban J connectivity index is 1.86. The van der Waals surface area contributed by atoms with Gasteiger partial charge in [-0.15, -0.1) is 0 Å². The topological polar surface area (TPSA) is 71.2 Å². The summed E-state index contributed by atoms with van der Waals surface area (Å²) in [6.45, 7) is 1.87. The highest BCUT2D eigenvalue weighted by Crippen LogP contribution is 2.23. The quantitative estimate of drug-likeness (QED) is 0.727. The fourth-order valence-electron chi connectivity index (χ4n) is 2.57. The lowest BCUT2D eigenvalue weighted by Crippen LogP contribution is -2.13. The number of rotatable bonds is 3. The molecule has 0 saturated carbocycles. The second-order valence-electron chi connectivity index (χ2n) is 5.19. The smallest absolute Gasteiger partial charge is 0.337 e. The maximum atomic E-state index is 12.6. The van der Waals surface area contributed by atoms with Crippen molar-refractivity contribution in [2.45, 2.75) is 6.92 Å². The summed E-state index contributed by atoms with van der Waals surface area (Å²) in [6.07, 6.45) is 0. The summed E-state index contributed by atoms with van der Waals surface area (Å²) in [6, 6.07) is 14.2. The monoisotopic (exact) mass is 308 g/mol. The van der Waals surface area contributed by atoms with Crippen molar-refractivity contribution in [1.29, 1.82) is 0 Å². The van der Waals surface area contributed by atoms with Crippen LogP contribution in [0.5, 0.6) is 0 Å². The van der Waals surface area contributed by atoms with E-state index in [4.69, 9.17) is 0 Å². The van der Waals surface area contributed by atoms with Crippen LogP contribution in [0, 0.1) is 6.92 Å². The zero-order chi connectivity index (χ0) is 16.4. The number of aromatic nitrogens is 1. The molecule has 2 N–H and O–H groups in total. The molecule has 116 valence electrons. The van der Waals surface area contributed by atoms with Crippen LogP contribution in [0.25, 0.3) is 10.9 Å². The maximum absolute atomic E-state index is 12.6. The molecule has 0 spiro atoms. The SMILES string of the molecule is COC(=O)c1ccc(NC(=O)c2c(C)[nH]c3ccccc23)cc1. The predicted molar refractivity (Wildman–Crippen MR) is 88.8 cm³/mol. The average Bonchev–Trinajstić information content (AvgIpc) is 2.90. The van der Waals surface area contributed by atoms with Crippen LogP contribution in [0.1, 0.15) is 26.4 Å². The summed E-state index contributed by atoms with van der Waals surface area (Å²) < 4.78 is 4.65. The van der Waals surface area contributed by atoms with Gasteiger partial charge in [-0.3, -0.25) is 4.79 Å². The van der Waals surface area contributed by atoms with Gasteiger partial charge in [-0.25, -0.2) is 4.79 Å². The molecule has 0 fully saturated rings. The number of aromatic amines is 1. The largest absolute Gasteiger partial charge is 0.465 e. The Kier molecular flexibility index (Phi) is 3.85. The van der Waals surface area contributed by atoms with Gasteiger partial charge in [0.05, 0.1) is 18.2 Å². The first-order valence-electron chi connectivity index (χ1n) is 7.17. The molecular weight excluding hydrogens is 292 g/mol. The summed E-state index contributed by atoms with van der Waals surface area (Å²) in [5.41, 5.74) is 3.42. The summed E-state index contributed by atoms with van der Waals surface area (Å²) >= 11 is 0. The molecule has 3 rings (SSSR count). The van der Waals surface area contributed by atoms with Crippen molar-refractivity contribution in [2.75, 3.05) is 12.4 Å². The third-order valence-corrected chi connectivity index (χ3v) is 3.68. The van der Waals surface area contributed by atoms with Gasteiger partial charge >= 0.3 is 5.97 Å². The van der Waals surface area contributed by atoms with E-state index in [0.717, 1.165) is 16.6 Å². The van der Waals surface area contributed by atoms with Crippen molar-refractivity contribution in [3.05, 3.63) is 65.4 Å². The Labute approximate surface area is 133 Å². The Bertz CT molecular complexity index is 879. The molecule has 3 aromatic rings. The third-order valence-electron chi connectivity index (χ3n) is 3.68. The van der Waals surface area contributed by atoms with Crippen molar-refractivity contribution < 1.29 is 14.3 Å². The molecule has 0 bridgehead atoms. The number of para-hydroxylation sites is 1. The van der Waals surface area contributed by atoms with Crippen LogP contribution in [0.3, 0.4) is 0 Å². The number of H-pyrrole nitrogens is 1. The first-order chi connectivity index (χ1) is 11.1. The van der Waals surface area contributed by atoms with Gasteiger partial charge in [0.25, 0.3) is 5.91 Å². The molecule has 0 radical (unpaired) electrons. The van der Waals surface area contributed by atoms with Gasteiger partial charge in [0, 0.05) is 22.3 Å². The number of aryl methyl sites for hydroxylation is 1. The van der Waals surface area contributed by atoms with Gasteiger partial charge in [0.15, 0.2) is 0 Å². The second-order valence-corrected chi connectivity index (χ2v) is 5.19. The van der Waals surface area contributed by atoms with E-state index in [9.17, 15) is 9.59 Å². The maximum Gasteiger partial charge on any atom is 0.337 e. The minimum atomic E-state index is -0.407. The number of benzene rings is 2. The lowest BCUT2D eigenvalue weighted by molar-refractivity contribution is 0.0600. The van der Waals surface area contributed by atoms with Gasteiger partial charge in [-0.2, -0.15) is 0 Å². The first-order valence-corrected chi connectivity index (χ1v) is 7.17. The molecule has 1 aromatic heterocycles. The minimum absolute atomic E-state index is 0.189. The van der Waals surface area contributed by atoms with Crippen LogP contribution in [-0.4, -0.2) is 24.0 Å². The summed E-state index contributed by atoms with van der Waals surface area (Å²) in [5.74, 6) is -0.596. The molecule has 2 aromatic carbocycles. The molecule has 1 heterocycles. The number of anilines is 1. The highest BCUT2D eigenvalue weighted by atomic mass is 16.5. The van der Waals surface area contributed by atoms with Crippen molar-refractivity contribution >= 4 is 28.5 Å². The van der Waals surface area contributed by atoms with Crippen molar-refractivity contribution in [1.82, 2.24) is 4.98 Å². The van der Waals surface area contributed by atoms with E-state index in [2.05, 4.69) is 15.0 Å². The number of esters is 1. The molecule has 1 amide bonds. The Hall–Kier alpha value is -3.08. The first kappa shape index (κ1) is 14.8. The van der Waals surface area contributed by atoms with E-state index in [1.165, 1.54) is 7.11 Å². The summed E-state index contributed by atoms with van der Waals surface area (Å²) in [7, 11) is 1.33. The zero-order valence-corrected chi connectivity index (χ0v) is 12.8. The van der Waals surface area contributed by atoms with E-state index in [1.807, 2.05) is 31.2 Å². The van der Waals surface area contributed by atoms with E-state index in [0.29, 0.717) is 16.8 Å². The molecule has 0 aliphatic carbocycles. The van der Waals surface area contributed by atoms with E-state index in [-0.39, 0.29) is 5.91 Å². The summed E-state index contributed by atoms with van der Waals surface area (Å²) in [4.78, 5) is 27.2. The molecule has 23 heavy (non-hydrogen) atoms. The van der Waals surface area contributed by atoms with E-state index in [1.54, 1.807) is 24.3 Å². The Morgan fingerprint density at radius 2 is 1.74 bits per heavy atom. The van der Waals surface area contributed by atoms with Crippen molar-refractivity contribution in [2.24, 2.45) is 0 Å². The molecule has 0 aliphatic rings. The number of carbonyl (C=O) groups excluding carboxylic acids is 2. The number of carbonyl (C=O) groups is 2. The molecule has 0 saturated heterocycles. The van der Waals surface area contributed by atoms with Gasteiger partial charge in [-0.05, 0) is 37.3 Å². The molecule has 5 heteroatoms. The number of fused-ring (bicyclic) bond motifs is 1. The molecule has 5 nitrogen and oxygen atoms in total. The van der Waals surface area contributed by atoms with Crippen molar-refractivity contribution in [3.63, 3.8) is 0 Å². The summed E-state index contributed by atoms with van der Waals surface area (Å²) in [5, 5.41) is 3.73. The third kappa shape index (κ3) is 2.81. The molecule has 0 atom stereocenters. The van der Waals surface area contributed by atoms with Crippen molar-refractivity contribution in [3.8, 4) is 0 Å². The second kappa shape index (κ2) is 5.96. The highest BCUT2D eigenvalue weighted by molar-refractivity contribution is 6.14. The van der Waals surface area contributed by atoms with Crippen LogP contribution >= 0.6 is 0 Å². The van der Waals surface area contributed by atoms with E-state index < -0.39 is 5.97 Å². The lowest BCUT2D eigenvalue weighted by Gasteiger charge is -2.06. The van der Waals surface area contributed by atoms with E-state index >= 15 is 0 Å². The van der Waals surface area contributed by atoms with Gasteiger partial charge < -0.3 is 15.0 Å². The van der Waals surface area contributed by atoms with Gasteiger partial charge in [0.2, 0.25) is 0 Å². The van der Waals surface area contributed by atoms with Gasteiger partial charge in [0.1, 0.15) is 0 Å². The molecule has 0 unspecified atom stereocenters. The number of hydrogen-bond acceptors (Lipinski definition) is 3. The van der Waals surface area contributed by atoms with Crippen LogP contribution in [0.15, 0.2) is 48.5 Å². The van der Waals surface area contributed by atoms with Crippen LogP contribution < -0.4 is 5.32 Å². The number of nitrogens with one attached hydrogen (secondary N) is 2. The van der Waals surface area contributed by atoms with Crippen LogP contribution in [0.2, 0.25) is 0 Å². The normalized spacial score (nSPS) is 10.5. The fourth-order valence-corrected chi connectivity index (χ4v) is 2.57. The fraction of sp³-hybridized carbons (Fsp3) is 0.111. The molecule has 0 aliphatic heterocycles. The average molecular weight is 308 g/mol. The molecular formula is C18H16N2O3. The predicted octanol–water partition coefficient (Wildman–Crippen LogP) is 3.52. The number of ether oxygens (including phenoxy) is 1. The van der Waals surface area contributed by atoms with Crippen LogP contribution in [0.4, 0.5) is 5.69 Å². The lowest BCUT2D eigenvalue weighted by atomic mass is 10.1. The zero-order valence-electron chi connectivity index (χ0n) is 12.8. The highest BCUT2D eigenvalue weighted by Gasteiger charge is 2.16. The van der Waals surface area contributed by atoms with Crippen LogP contribution in [-0.2, 0) is 4.74 Å². The Morgan fingerprint density at radius 3 is 2.43 bits per heavy atom. The number of methoxy groups -OCH3 is 1.